The Kier molecular flexibility index (Phi) is 3.23. The van der Waals surface area contributed by atoms with Gasteiger partial charge in [0.15, 0.2) is 0 Å². The first kappa shape index (κ1) is 12.8. The Morgan fingerprint density at radius 1 is 1.35 bits per heavy atom. The van der Waals surface area contributed by atoms with Gasteiger partial charge in [-0.15, -0.1) is 11.3 Å². The summed E-state index contributed by atoms with van der Waals surface area (Å²) in [6.45, 7) is 0. The maximum atomic E-state index is 12.2. The summed E-state index contributed by atoms with van der Waals surface area (Å²) in [5.41, 5.74) is 1.50. The van der Waals surface area contributed by atoms with Crippen molar-refractivity contribution in [2.75, 3.05) is 5.32 Å². The van der Waals surface area contributed by atoms with Gasteiger partial charge in [0, 0.05) is 11.1 Å². The van der Waals surface area contributed by atoms with Gasteiger partial charge in [0.1, 0.15) is 0 Å². The standard InChI is InChI=1S/C14H12N2O3S/c17-13(12-6-8-2-1-3-11(8)20-12)16-10-7-15-5-4-9(10)14(18)19/h4-7H,1-3H2,(H,16,17)(H,18,19). The first-order chi connectivity index (χ1) is 9.65. The van der Waals surface area contributed by atoms with E-state index in [2.05, 4.69) is 10.3 Å². The van der Waals surface area contributed by atoms with Crippen LogP contribution in [0.1, 0.15) is 36.9 Å². The number of nitrogens with one attached hydrogen (secondary N) is 1. The van der Waals surface area contributed by atoms with Gasteiger partial charge in [-0.2, -0.15) is 0 Å². The Morgan fingerprint density at radius 2 is 2.20 bits per heavy atom. The molecule has 0 radical (unpaired) electrons. The molecule has 1 aliphatic rings. The lowest BCUT2D eigenvalue weighted by Crippen LogP contribution is -2.14. The Labute approximate surface area is 119 Å². The lowest BCUT2D eigenvalue weighted by molar-refractivity contribution is 0.0698. The number of hydrogen-bond donors (Lipinski definition) is 2. The number of aromatic carboxylic acids is 1. The van der Waals surface area contributed by atoms with Crippen molar-refractivity contribution < 1.29 is 14.7 Å². The van der Waals surface area contributed by atoms with Gasteiger partial charge in [0.2, 0.25) is 0 Å². The highest BCUT2D eigenvalue weighted by molar-refractivity contribution is 7.14. The van der Waals surface area contributed by atoms with E-state index < -0.39 is 5.97 Å². The number of fused-ring (bicyclic) bond motifs is 1. The summed E-state index contributed by atoms with van der Waals surface area (Å²) in [5.74, 6) is -1.36. The molecule has 0 fully saturated rings. The maximum absolute atomic E-state index is 12.2. The van der Waals surface area contributed by atoms with Crippen LogP contribution in [0.3, 0.4) is 0 Å². The summed E-state index contributed by atoms with van der Waals surface area (Å²) < 4.78 is 0. The van der Waals surface area contributed by atoms with Crippen LogP contribution in [0.2, 0.25) is 0 Å². The molecule has 2 aromatic heterocycles. The minimum atomic E-state index is -1.09. The first-order valence-electron chi connectivity index (χ1n) is 6.25. The van der Waals surface area contributed by atoms with Gasteiger partial charge in [0.05, 0.1) is 22.3 Å². The van der Waals surface area contributed by atoms with Gasteiger partial charge in [-0.05, 0) is 37.0 Å². The molecule has 6 heteroatoms. The second kappa shape index (κ2) is 5.05. The van der Waals surface area contributed by atoms with Crippen LogP contribution in [0.4, 0.5) is 5.69 Å². The molecule has 2 heterocycles. The van der Waals surface area contributed by atoms with E-state index in [1.807, 2.05) is 6.07 Å². The van der Waals surface area contributed by atoms with Crippen LogP contribution in [-0.2, 0) is 12.8 Å². The lowest BCUT2D eigenvalue weighted by atomic mass is 10.2. The van der Waals surface area contributed by atoms with Gasteiger partial charge in [-0.3, -0.25) is 9.78 Å². The molecule has 0 bridgehead atoms. The number of anilines is 1. The third kappa shape index (κ3) is 2.30. The van der Waals surface area contributed by atoms with Crippen molar-refractivity contribution in [2.45, 2.75) is 19.3 Å². The monoisotopic (exact) mass is 288 g/mol. The van der Waals surface area contributed by atoms with Crippen molar-refractivity contribution in [1.82, 2.24) is 4.98 Å². The number of carbonyl (C=O) groups is 2. The molecule has 1 amide bonds. The molecule has 0 saturated heterocycles. The lowest BCUT2D eigenvalue weighted by Gasteiger charge is -2.06. The summed E-state index contributed by atoms with van der Waals surface area (Å²) in [7, 11) is 0. The number of pyridine rings is 1. The molecule has 0 unspecified atom stereocenters. The number of rotatable bonds is 3. The topological polar surface area (TPSA) is 79.3 Å². The Morgan fingerprint density at radius 3 is 2.95 bits per heavy atom. The number of carboxylic acid groups (broad SMARTS) is 1. The van der Waals surface area contributed by atoms with Crippen molar-refractivity contribution in [1.29, 1.82) is 0 Å². The van der Waals surface area contributed by atoms with Crippen LogP contribution in [0.25, 0.3) is 0 Å². The molecular weight excluding hydrogens is 276 g/mol. The fourth-order valence-electron chi connectivity index (χ4n) is 2.31. The zero-order chi connectivity index (χ0) is 14.1. The Balaban J connectivity index is 1.84. The molecule has 0 saturated carbocycles. The highest BCUT2D eigenvalue weighted by Gasteiger charge is 2.20. The van der Waals surface area contributed by atoms with Crippen molar-refractivity contribution in [3.8, 4) is 0 Å². The van der Waals surface area contributed by atoms with E-state index in [0.717, 1.165) is 19.3 Å². The number of carbonyl (C=O) groups excluding carboxylic acids is 1. The molecule has 20 heavy (non-hydrogen) atoms. The van der Waals surface area contributed by atoms with E-state index in [4.69, 9.17) is 5.11 Å². The van der Waals surface area contributed by atoms with Gasteiger partial charge >= 0.3 is 5.97 Å². The SMILES string of the molecule is O=C(Nc1cnccc1C(=O)O)c1cc2c(s1)CCC2. The van der Waals surface area contributed by atoms with E-state index in [1.165, 1.54) is 40.2 Å². The minimum Gasteiger partial charge on any atom is -0.478 e. The van der Waals surface area contributed by atoms with E-state index in [9.17, 15) is 9.59 Å². The predicted molar refractivity (Wildman–Crippen MR) is 75.5 cm³/mol. The highest BCUT2D eigenvalue weighted by atomic mass is 32.1. The highest BCUT2D eigenvalue weighted by Crippen LogP contribution is 2.31. The average Bonchev–Trinajstić information content (AvgIpc) is 2.99. The van der Waals surface area contributed by atoms with Crippen molar-refractivity contribution in [3.63, 3.8) is 0 Å². The van der Waals surface area contributed by atoms with Crippen LogP contribution >= 0.6 is 11.3 Å². The van der Waals surface area contributed by atoms with E-state index >= 15 is 0 Å². The van der Waals surface area contributed by atoms with Crippen LogP contribution in [-0.4, -0.2) is 22.0 Å². The number of carboxylic acids is 1. The van der Waals surface area contributed by atoms with Gasteiger partial charge in [-0.1, -0.05) is 0 Å². The quantitative estimate of drug-likeness (QED) is 0.909. The molecule has 0 spiro atoms. The fourth-order valence-corrected chi connectivity index (χ4v) is 3.45. The Bertz CT molecular complexity index is 672. The average molecular weight is 288 g/mol. The number of aromatic nitrogens is 1. The molecule has 1 aliphatic carbocycles. The van der Waals surface area contributed by atoms with Crippen LogP contribution < -0.4 is 5.32 Å². The third-order valence-electron chi connectivity index (χ3n) is 3.27. The molecule has 0 aliphatic heterocycles. The number of aryl methyl sites for hydroxylation is 2. The van der Waals surface area contributed by atoms with E-state index in [-0.39, 0.29) is 17.2 Å². The van der Waals surface area contributed by atoms with Gasteiger partial charge in [0.25, 0.3) is 5.91 Å². The largest absolute Gasteiger partial charge is 0.478 e. The van der Waals surface area contributed by atoms with Crippen LogP contribution in [0.15, 0.2) is 24.5 Å². The minimum absolute atomic E-state index is 0.0393. The number of hydrogen-bond acceptors (Lipinski definition) is 4. The second-order valence-corrected chi connectivity index (χ2v) is 5.73. The number of amides is 1. The molecule has 0 atom stereocenters. The maximum Gasteiger partial charge on any atom is 0.337 e. The number of nitrogens with zero attached hydrogens (tertiary/aromatic N) is 1. The summed E-state index contributed by atoms with van der Waals surface area (Å²) in [5, 5.41) is 11.7. The normalized spacial score (nSPS) is 13.0. The summed E-state index contributed by atoms with van der Waals surface area (Å²) in [6, 6.07) is 3.27. The van der Waals surface area contributed by atoms with Crippen molar-refractivity contribution in [3.05, 3.63) is 45.4 Å². The van der Waals surface area contributed by atoms with E-state index in [0.29, 0.717) is 4.88 Å². The molecule has 2 aromatic rings. The fraction of sp³-hybridized carbons (Fsp3) is 0.214. The molecule has 0 aromatic carbocycles. The summed E-state index contributed by atoms with van der Waals surface area (Å²) >= 11 is 1.48. The first-order valence-corrected chi connectivity index (χ1v) is 7.07. The van der Waals surface area contributed by atoms with Gasteiger partial charge < -0.3 is 10.4 Å². The smallest absolute Gasteiger partial charge is 0.337 e. The summed E-state index contributed by atoms with van der Waals surface area (Å²) in [4.78, 5) is 29.0. The molecule has 3 rings (SSSR count). The molecular formula is C14H12N2O3S. The van der Waals surface area contributed by atoms with E-state index in [1.54, 1.807) is 0 Å². The zero-order valence-electron chi connectivity index (χ0n) is 10.5. The molecule has 2 N–H and O–H groups in total. The van der Waals surface area contributed by atoms with Crippen molar-refractivity contribution in [2.24, 2.45) is 0 Å². The zero-order valence-corrected chi connectivity index (χ0v) is 11.4. The molecule has 5 nitrogen and oxygen atoms in total. The van der Waals surface area contributed by atoms with Crippen LogP contribution in [0.5, 0.6) is 0 Å². The Hall–Kier alpha value is -2.21. The van der Waals surface area contributed by atoms with Crippen molar-refractivity contribution >= 4 is 28.9 Å². The number of thiophene rings is 1. The van der Waals surface area contributed by atoms with Crippen LogP contribution in [0, 0.1) is 0 Å². The second-order valence-electron chi connectivity index (χ2n) is 4.59. The third-order valence-corrected chi connectivity index (χ3v) is 4.51. The molecule has 102 valence electrons. The summed E-state index contributed by atoms with van der Waals surface area (Å²) in [6.07, 6.45) is 5.93. The van der Waals surface area contributed by atoms with Gasteiger partial charge in [-0.25, -0.2) is 4.79 Å². The predicted octanol–water partition coefficient (Wildman–Crippen LogP) is 2.58.